The number of ether oxygens (including phenoxy) is 9. The van der Waals surface area contributed by atoms with Crippen LogP contribution in [-0.4, -0.2) is 161 Å². The standard InChI is InChI=1S/C89H114O16SSi2/c1-15-59(2)50-65(95-12)46-48-75-61(4)52-67(99-75)55-80(106(93,94)68-36-24-17-25-37-68)74(91)56-79-83(104-107(88(6,7)8,69-38-26-18-27-39-69)70-40-28-19-29-41-70)84-85(103-79)86(105-108(89(9,10)11,71-42-30-20-31-43-71)72-44-32-21-33-45-72)82-76(102-84)49-47-66(100-82)53-64(90)54-73-62(5)77(101-78(73)57-81(96-13)97-14)51-60(3)58-98-87(92)63-34-22-16-23-35-63/h16-45,60,62,65-67,73,75-86H,1,4,46-58H2,2-3,5-14H3/t60-,62+,65-,66+,67?,73?,75-,76-,77+,78-,79+,80?,82-,83-,84-,85+,86-/m0/s1. The average molecular weight is 1530 g/mol. The molecule has 6 aromatic carbocycles. The number of esters is 1. The summed E-state index contributed by atoms with van der Waals surface area (Å²) in [5, 5.41) is 1.34. The van der Waals surface area contributed by atoms with Crippen LogP contribution in [0.4, 0.5) is 0 Å². The second-order valence-corrected chi connectivity index (χ2v) is 43.3. The summed E-state index contributed by atoms with van der Waals surface area (Å²) in [4.78, 5) is 44.6. The first kappa shape index (κ1) is 82.3. The molecule has 3 unspecified atom stereocenters. The molecule has 5 aliphatic heterocycles. The van der Waals surface area contributed by atoms with E-state index < -0.39 is 109 Å². The molecule has 0 aliphatic carbocycles. The Balaban J connectivity index is 0.973. The number of benzene rings is 6. The Hall–Kier alpha value is -6.63. The van der Waals surface area contributed by atoms with Crippen molar-refractivity contribution in [3.05, 3.63) is 218 Å². The fraction of sp³-hybridized carbons (Fsp3) is 0.506. The third-order valence-corrected chi connectivity index (χ3v) is 35.5. The predicted molar refractivity (Wildman–Crippen MR) is 426 cm³/mol. The van der Waals surface area contributed by atoms with Crippen molar-refractivity contribution in [3.8, 4) is 0 Å². The van der Waals surface area contributed by atoms with E-state index in [1.54, 1.807) is 63.8 Å². The van der Waals surface area contributed by atoms with E-state index in [9.17, 15) is 4.79 Å². The number of sulfone groups is 1. The van der Waals surface area contributed by atoms with Gasteiger partial charge in [0.2, 0.25) is 0 Å². The lowest BCUT2D eigenvalue weighted by Crippen LogP contribution is -2.73. The summed E-state index contributed by atoms with van der Waals surface area (Å²) < 4.78 is 108. The molecule has 19 heteroatoms. The molecule has 16 nitrogen and oxygen atoms in total. The van der Waals surface area contributed by atoms with Crippen molar-refractivity contribution in [2.75, 3.05) is 27.9 Å². The van der Waals surface area contributed by atoms with Gasteiger partial charge in [0.15, 0.2) is 21.9 Å². The van der Waals surface area contributed by atoms with E-state index in [0.717, 1.165) is 31.9 Å². The summed E-state index contributed by atoms with van der Waals surface area (Å²) in [6, 6.07) is 58.7. The Morgan fingerprint density at radius 3 is 1.62 bits per heavy atom. The van der Waals surface area contributed by atoms with Gasteiger partial charge in [-0.1, -0.05) is 226 Å². The molecular weight excluding hydrogens is 1410 g/mol. The molecule has 5 aliphatic rings. The zero-order chi connectivity index (χ0) is 77.1. The molecule has 0 amide bonds. The molecule has 0 N–H and O–H groups in total. The van der Waals surface area contributed by atoms with Crippen molar-refractivity contribution in [1.29, 1.82) is 0 Å². The topological polar surface area (TPSA) is 187 Å². The number of ketones is 2. The lowest BCUT2D eigenvalue weighted by Gasteiger charge is -2.53. The number of hydrogen-bond acceptors (Lipinski definition) is 16. The smallest absolute Gasteiger partial charge is 0.338 e. The minimum atomic E-state index is -4.40. The number of methoxy groups -OCH3 is 3. The van der Waals surface area contributed by atoms with E-state index in [0.29, 0.717) is 56.9 Å². The predicted octanol–water partition coefficient (Wildman–Crippen LogP) is 14.0. The third kappa shape index (κ3) is 18.4. The van der Waals surface area contributed by atoms with E-state index >= 15 is 18.0 Å². The molecule has 0 spiro atoms. The fourth-order valence-electron chi connectivity index (χ4n) is 17.6. The average Bonchev–Trinajstić information content (AvgIpc) is 1.22. The Morgan fingerprint density at radius 2 is 1.10 bits per heavy atom. The number of carbonyl (C=O) groups excluding carboxylic acids is 3. The zero-order valence-electron chi connectivity index (χ0n) is 65.3. The lowest BCUT2D eigenvalue weighted by molar-refractivity contribution is -0.254. The van der Waals surface area contributed by atoms with E-state index in [4.69, 9.17) is 51.5 Å². The van der Waals surface area contributed by atoms with Gasteiger partial charge in [-0.05, 0) is 136 Å². The highest BCUT2D eigenvalue weighted by Crippen LogP contribution is 2.50. The largest absolute Gasteiger partial charge is 0.462 e. The molecule has 0 saturated carbocycles. The van der Waals surface area contributed by atoms with Crippen LogP contribution in [0.1, 0.15) is 150 Å². The molecule has 11 rings (SSSR count). The second-order valence-electron chi connectivity index (χ2n) is 32.7. The first-order chi connectivity index (χ1) is 51.7. The van der Waals surface area contributed by atoms with Crippen LogP contribution in [0.25, 0.3) is 0 Å². The van der Waals surface area contributed by atoms with Gasteiger partial charge in [-0.25, -0.2) is 13.2 Å². The maximum Gasteiger partial charge on any atom is 0.338 e. The fourth-order valence-corrected chi connectivity index (χ4v) is 28.8. The van der Waals surface area contributed by atoms with E-state index in [2.05, 4.69) is 140 Å². The highest BCUT2D eigenvalue weighted by molar-refractivity contribution is 7.92. The monoisotopic (exact) mass is 1530 g/mol. The normalized spacial score (nSPS) is 26.2. The summed E-state index contributed by atoms with van der Waals surface area (Å²) in [6.45, 7) is 28.0. The molecule has 6 aromatic rings. The van der Waals surface area contributed by atoms with Crippen LogP contribution in [-0.2, 0) is 70.9 Å². The number of fused-ring (bicyclic) bond motifs is 2. The highest BCUT2D eigenvalue weighted by atomic mass is 32.2. The molecular formula is C89H114O16SSi2. The highest BCUT2D eigenvalue weighted by Gasteiger charge is 2.65. The van der Waals surface area contributed by atoms with E-state index in [1.807, 2.05) is 80.6 Å². The van der Waals surface area contributed by atoms with Crippen molar-refractivity contribution in [2.45, 2.75) is 245 Å². The van der Waals surface area contributed by atoms with Crippen molar-refractivity contribution >= 4 is 64.8 Å². The number of Topliss-reactive ketones (excluding diaryl/α,β-unsaturated/α-hetero) is 2. The summed E-state index contributed by atoms with van der Waals surface area (Å²) in [6.07, 6.45) is -5.23. The minimum absolute atomic E-state index is 0.0175. The Bertz CT molecular complexity index is 4010. The van der Waals surface area contributed by atoms with Crippen molar-refractivity contribution < 1.29 is 74.3 Å². The Kier molecular flexibility index (Phi) is 27.6. The summed E-state index contributed by atoms with van der Waals surface area (Å²) in [5.41, 5.74) is 5.28. The van der Waals surface area contributed by atoms with Gasteiger partial charge in [0, 0.05) is 53.4 Å². The van der Waals surface area contributed by atoms with E-state index in [1.165, 1.54) is 0 Å². The van der Waals surface area contributed by atoms with E-state index in [-0.39, 0.29) is 91.1 Å². The molecule has 5 fully saturated rings. The SMILES string of the molecule is C=C=C(C)C[C@H](CC[C@@H]1OC(CC(C(=O)C[C@H]2O[C@H]3[C@@H](O[Si](c4ccccc4)(c4ccccc4)C(C)(C)C)[C@H]4O[C@@H](CC(=O)CC5[C@H](CC(OC)OC)O[C@H](C[C@H](C)COC(=O)c6ccccc6)[C@@H]5C)CC[C@@H]4O[C@H]3[C@H]2O[Si](c2ccccc2)(c2ccccc2)C(C)(C)C)S(=O)(=O)c2ccccc2)CC1=C)OC. The van der Waals surface area contributed by atoms with Gasteiger partial charge in [-0.15, -0.1) is 5.73 Å². The van der Waals surface area contributed by atoms with Gasteiger partial charge in [-0.2, -0.15) is 0 Å². The third-order valence-electron chi connectivity index (χ3n) is 23.3. The molecule has 17 atom stereocenters. The molecule has 5 saturated heterocycles. The number of hydrogen-bond donors (Lipinski definition) is 0. The van der Waals surface area contributed by atoms with Crippen LogP contribution in [0.15, 0.2) is 217 Å². The molecule has 108 heavy (non-hydrogen) atoms. The van der Waals surface area contributed by atoms with Crippen molar-refractivity contribution in [2.24, 2.45) is 17.8 Å². The number of rotatable bonds is 34. The molecule has 580 valence electrons. The first-order valence-electron chi connectivity index (χ1n) is 38.7. The van der Waals surface area contributed by atoms with Crippen LogP contribution >= 0.6 is 0 Å². The van der Waals surface area contributed by atoms with Crippen LogP contribution in [0.2, 0.25) is 10.1 Å². The van der Waals surface area contributed by atoms with Gasteiger partial charge in [0.25, 0.3) is 16.6 Å². The number of carbonyl (C=O) groups is 3. The Morgan fingerprint density at radius 1 is 0.583 bits per heavy atom. The van der Waals surface area contributed by atoms with Gasteiger partial charge in [0.1, 0.15) is 41.6 Å². The first-order valence-corrected chi connectivity index (χ1v) is 44.1. The molecule has 5 heterocycles. The van der Waals surface area contributed by atoms with Crippen LogP contribution in [0.3, 0.4) is 0 Å². The van der Waals surface area contributed by atoms with Crippen LogP contribution < -0.4 is 20.7 Å². The maximum absolute atomic E-state index is 16.4. The molecule has 0 radical (unpaired) electrons. The minimum Gasteiger partial charge on any atom is -0.462 e. The van der Waals surface area contributed by atoms with Crippen LogP contribution in [0, 0.1) is 17.8 Å². The van der Waals surface area contributed by atoms with Gasteiger partial charge >= 0.3 is 5.97 Å². The van der Waals surface area contributed by atoms with Gasteiger partial charge in [-0.3, -0.25) is 9.59 Å². The zero-order valence-corrected chi connectivity index (χ0v) is 68.1. The molecule has 0 bridgehead atoms. The summed E-state index contributed by atoms with van der Waals surface area (Å²) in [5.74, 6) is -1.21. The second kappa shape index (κ2) is 36.2. The quantitative estimate of drug-likeness (QED) is 0.0122. The van der Waals surface area contributed by atoms with Gasteiger partial charge in [0.05, 0.1) is 65.9 Å². The van der Waals surface area contributed by atoms with Crippen molar-refractivity contribution in [1.82, 2.24) is 0 Å². The van der Waals surface area contributed by atoms with Crippen LogP contribution in [0.5, 0.6) is 0 Å². The maximum atomic E-state index is 16.4. The Labute approximate surface area is 643 Å². The summed E-state index contributed by atoms with van der Waals surface area (Å²) in [7, 11) is -6.70. The molecule has 0 aromatic heterocycles. The van der Waals surface area contributed by atoms with Crippen molar-refractivity contribution in [3.63, 3.8) is 0 Å². The summed E-state index contributed by atoms with van der Waals surface area (Å²) >= 11 is 0. The lowest BCUT2D eigenvalue weighted by atomic mass is 9.80. The van der Waals surface area contributed by atoms with Gasteiger partial charge < -0.3 is 51.5 Å².